The molecule has 0 aromatic heterocycles. The molecule has 2 aromatic rings. The topological polar surface area (TPSA) is 21.3 Å². The van der Waals surface area contributed by atoms with Crippen molar-refractivity contribution in [2.75, 3.05) is 7.05 Å². The highest BCUT2D eigenvalue weighted by molar-refractivity contribution is 5.40. The highest BCUT2D eigenvalue weighted by Gasteiger charge is 2.16. The Morgan fingerprint density at radius 1 is 1.11 bits per heavy atom. The lowest BCUT2D eigenvalue weighted by atomic mass is 10.1. The van der Waals surface area contributed by atoms with Crippen molar-refractivity contribution in [2.24, 2.45) is 0 Å². The lowest BCUT2D eigenvalue weighted by molar-refractivity contribution is 0.449. The summed E-state index contributed by atoms with van der Waals surface area (Å²) < 4.78 is 32.6. The van der Waals surface area contributed by atoms with Gasteiger partial charge < -0.3 is 10.1 Å². The molecule has 1 unspecified atom stereocenters. The molecule has 0 saturated heterocycles. The minimum atomic E-state index is -0.392. The van der Waals surface area contributed by atoms with E-state index in [1.54, 1.807) is 31.3 Å². The number of benzene rings is 2. The second-order valence-electron chi connectivity index (χ2n) is 4.22. The molecule has 100 valence electrons. The molecule has 2 rings (SSSR count). The maximum absolute atomic E-state index is 13.9. The first-order valence-corrected chi connectivity index (χ1v) is 6.01. The van der Waals surface area contributed by atoms with E-state index >= 15 is 0 Å². The normalized spacial score (nSPS) is 12.2. The molecule has 0 fully saturated rings. The fraction of sp³-hybridized carbons (Fsp3) is 0.200. The van der Waals surface area contributed by atoms with Crippen molar-refractivity contribution in [3.63, 3.8) is 0 Å². The van der Waals surface area contributed by atoms with Gasteiger partial charge in [-0.25, -0.2) is 8.78 Å². The van der Waals surface area contributed by atoms with Crippen LogP contribution in [0.1, 0.15) is 18.5 Å². The number of rotatable bonds is 4. The van der Waals surface area contributed by atoms with Crippen LogP contribution in [0.2, 0.25) is 0 Å². The Morgan fingerprint density at radius 2 is 1.84 bits per heavy atom. The maximum Gasteiger partial charge on any atom is 0.135 e. The molecule has 0 heterocycles. The summed E-state index contributed by atoms with van der Waals surface area (Å²) >= 11 is 0. The summed E-state index contributed by atoms with van der Waals surface area (Å²) in [6.45, 7) is 1.83. The summed E-state index contributed by atoms with van der Waals surface area (Å²) in [5.41, 5.74) is 0.425. The molecule has 0 amide bonds. The van der Waals surface area contributed by atoms with Gasteiger partial charge in [-0.15, -0.1) is 0 Å². The monoisotopic (exact) mass is 263 g/mol. The van der Waals surface area contributed by atoms with Gasteiger partial charge in [-0.3, -0.25) is 0 Å². The molecule has 19 heavy (non-hydrogen) atoms. The first kappa shape index (κ1) is 13.5. The van der Waals surface area contributed by atoms with Crippen LogP contribution >= 0.6 is 0 Å². The van der Waals surface area contributed by atoms with Crippen molar-refractivity contribution < 1.29 is 13.5 Å². The van der Waals surface area contributed by atoms with Crippen LogP contribution in [0.5, 0.6) is 11.5 Å². The quantitative estimate of drug-likeness (QED) is 0.899. The average Bonchev–Trinajstić information content (AvgIpc) is 2.38. The van der Waals surface area contributed by atoms with E-state index in [2.05, 4.69) is 5.32 Å². The Morgan fingerprint density at radius 3 is 2.53 bits per heavy atom. The third-order valence-electron chi connectivity index (χ3n) is 2.90. The summed E-state index contributed by atoms with van der Waals surface area (Å²) in [5.74, 6) is -0.0181. The Hall–Kier alpha value is -1.94. The lowest BCUT2D eigenvalue weighted by Gasteiger charge is -2.17. The maximum atomic E-state index is 13.9. The number of ether oxygens (including phenoxy) is 1. The van der Waals surface area contributed by atoms with Crippen molar-refractivity contribution in [1.29, 1.82) is 0 Å². The van der Waals surface area contributed by atoms with Crippen LogP contribution in [0.3, 0.4) is 0 Å². The summed E-state index contributed by atoms with van der Waals surface area (Å²) in [6, 6.07) is 10.2. The van der Waals surface area contributed by atoms with Gasteiger partial charge in [0.1, 0.15) is 23.1 Å². The molecule has 1 atom stereocenters. The molecule has 0 spiro atoms. The van der Waals surface area contributed by atoms with Crippen molar-refractivity contribution >= 4 is 0 Å². The van der Waals surface area contributed by atoms with E-state index in [1.807, 2.05) is 6.92 Å². The van der Waals surface area contributed by atoms with Crippen molar-refractivity contribution in [2.45, 2.75) is 13.0 Å². The summed E-state index contributed by atoms with van der Waals surface area (Å²) in [5, 5.41) is 2.97. The summed E-state index contributed by atoms with van der Waals surface area (Å²) in [4.78, 5) is 0. The largest absolute Gasteiger partial charge is 0.457 e. The fourth-order valence-electron chi connectivity index (χ4n) is 1.83. The van der Waals surface area contributed by atoms with E-state index in [-0.39, 0.29) is 11.9 Å². The third kappa shape index (κ3) is 3.09. The Bertz CT molecular complexity index is 572. The van der Waals surface area contributed by atoms with Crippen LogP contribution < -0.4 is 10.1 Å². The van der Waals surface area contributed by atoms with Gasteiger partial charge in [-0.05, 0) is 38.2 Å². The van der Waals surface area contributed by atoms with E-state index in [9.17, 15) is 8.78 Å². The molecular weight excluding hydrogens is 248 g/mol. The van der Waals surface area contributed by atoms with Gasteiger partial charge in [0, 0.05) is 17.7 Å². The van der Waals surface area contributed by atoms with Gasteiger partial charge in [0.2, 0.25) is 0 Å². The van der Waals surface area contributed by atoms with E-state index in [4.69, 9.17) is 4.74 Å². The number of hydrogen-bond donors (Lipinski definition) is 1. The Labute approximate surface area is 111 Å². The molecule has 0 radical (unpaired) electrons. The van der Waals surface area contributed by atoms with Crippen molar-refractivity contribution in [3.8, 4) is 11.5 Å². The molecule has 0 aliphatic carbocycles. The van der Waals surface area contributed by atoms with E-state index in [0.29, 0.717) is 17.1 Å². The van der Waals surface area contributed by atoms with Crippen LogP contribution in [0, 0.1) is 11.6 Å². The molecule has 0 aliphatic rings. The summed E-state index contributed by atoms with van der Waals surface area (Å²) in [6.07, 6.45) is 0. The standard InChI is InChI=1S/C15H15F2NO/c1-10(18-2)15-13(17)7-4-8-14(15)19-12-6-3-5-11(16)9-12/h3-10,18H,1-2H3. The highest BCUT2D eigenvalue weighted by Crippen LogP contribution is 2.31. The van der Waals surface area contributed by atoms with Crippen LogP contribution in [0.15, 0.2) is 42.5 Å². The van der Waals surface area contributed by atoms with Crippen LogP contribution in [-0.2, 0) is 0 Å². The lowest BCUT2D eigenvalue weighted by Crippen LogP contribution is -2.14. The summed E-state index contributed by atoms with van der Waals surface area (Å²) in [7, 11) is 1.74. The predicted molar refractivity (Wildman–Crippen MR) is 70.3 cm³/mol. The van der Waals surface area contributed by atoms with E-state index in [0.717, 1.165) is 0 Å². The number of nitrogens with one attached hydrogen (secondary N) is 1. The molecule has 2 nitrogen and oxygen atoms in total. The predicted octanol–water partition coefficient (Wildman–Crippen LogP) is 4.04. The average molecular weight is 263 g/mol. The van der Waals surface area contributed by atoms with Crippen LogP contribution in [0.25, 0.3) is 0 Å². The first-order valence-electron chi connectivity index (χ1n) is 6.01. The van der Waals surface area contributed by atoms with Crippen LogP contribution in [-0.4, -0.2) is 7.05 Å². The molecular formula is C15H15F2NO. The minimum Gasteiger partial charge on any atom is -0.457 e. The zero-order valence-electron chi connectivity index (χ0n) is 10.8. The van der Waals surface area contributed by atoms with Crippen LogP contribution in [0.4, 0.5) is 8.78 Å². The fourth-order valence-corrected chi connectivity index (χ4v) is 1.83. The molecule has 1 N–H and O–H groups in total. The Balaban J connectivity index is 2.37. The molecule has 0 bridgehead atoms. The van der Waals surface area contributed by atoms with Gasteiger partial charge in [-0.2, -0.15) is 0 Å². The second kappa shape index (κ2) is 5.80. The van der Waals surface area contributed by atoms with Crippen molar-refractivity contribution in [1.82, 2.24) is 5.32 Å². The third-order valence-corrected chi connectivity index (χ3v) is 2.90. The minimum absolute atomic E-state index is 0.204. The van der Waals surface area contributed by atoms with Gasteiger partial charge >= 0.3 is 0 Å². The van der Waals surface area contributed by atoms with Gasteiger partial charge in [0.15, 0.2) is 0 Å². The van der Waals surface area contributed by atoms with Gasteiger partial charge in [0.25, 0.3) is 0 Å². The molecule has 2 aromatic carbocycles. The highest BCUT2D eigenvalue weighted by atomic mass is 19.1. The first-order chi connectivity index (χ1) is 9.11. The Kier molecular flexibility index (Phi) is 4.12. The number of halogens is 2. The molecule has 0 aliphatic heterocycles. The zero-order chi connectivity index (χ0) is 13.8. The molecule has 4 heteroatoms. The van der Waals surface area contributed by atoms with Gasteiger partial charge in [-0.1, -0.05) is 12.1 Å². The zero-order valence-corrected chi connectivity index (χ0v) is 10.8. The molecule has 0 saturated carbocycles. The van der Waals surface area contributed by atoms with Gasteiger partial charge in [0.05, 0.1) is 0 Å². The SMILES string of the molecule is CNC(C)c1c(F)cccc1Oc1cccc(F)c1. The van der Waals surface area contributed by atoms with Crippen molar-refractivity contribution in [3.05, 3.63) is 59.7 Å². The second-order valence-corrected chi connectivity index (χ2v) is 4.22. The number of hydrogen-bond acceptors (Lipinski definition) is 2. The smallest absolute Gasteiger partial charge is 0.135 e. The van der Waals surface area contributed by atoms with E-state index < -0.39 is 5.82 Å². The van der Waals surface area contributed by atoms with E-state index in [1.165, 1.54) is 18.2 Å².